The molecule has 4 N–H and O–H groups in total. The Balaban J connectivity index is 0.000000186. The van der Waals surface area contributed by atoms with Crippen LogP contribution in [0.5, 0.6) is 0 Å². The summed E-state index contributed by atoms with van der Waals surface area (Å²) in [7, 11) is 17.0. The molecule has 9 rings (SSSR count). The number of ether oxygens (including phenoxy) is 18. The van der Waals surface area contributed by atoms with Crippen molar-refractivity contribution in [1.82, 2.24) is 9.80 Å². The van der Waals surface area contributed by atoms with Gasteiger partial charge >= 0.3 is 0 Å². The second-order valence-electron chi connectivity index (χ2n) is 23.9. The molecule has 492 valence electrons. The van der Waals surface area contributed by atoms with E-state index in [1.54, 1.807) is 61.3 Å². The zero-order valence-electron chi connectivity index (χ0n) is 53.5. The van der Waals surface area contributed by atoms with E-state index in [9.17, 15) is 20.4 Å². The van der Waals surface area contributed by atoms with Gasteiger partial charge in [-0.1, -0.05) is 60.7 Å². The van der Waals surface area contributed by atoms with Crippen LogP contribution in [0, 0.1) is 0 Å². The van der Waals surface area contributed by atoms with E-state index in [0.717, 1.165) is 11.1 Å². The van der Waals surface area contributed by atoms with Gasteiger partial charge in [-0.15, -0.1) is 0 Å². The number of benzene rings is 2. The molecule has 0 amide bonds. The molecule has 7 saturated heterocycles. The number of epoxide rings is 1. The maximum atomic E-state index is 10.8. The molecule has 24 nitrogen and oxygen atoms in total. The smallest absolute Gasteiger partial charge is 0.187 e. The molecule has 30 atom stereocenters. The molecule has 0 radical (unpaired) electrons. The van der Waals surface area contributed by atoms with Crippen molar-refractivity contribution in [2.45, 2.75) is 252 Å². The molecule has 24 heteroatoms. The number of aliphatic hydroxyl groups is 4. The predicted octanol–water partition coefficient (Wildman–Crippen LogP) is 2.67. The minimum atomic E-state index is -1.30. The number of hydrogen-bond acceptors (Lipinski definition) is 24. The van der Waals surface area contributed by atoms with Gasteiger partial charge in [0.05, 0.1) is 80.2 Å². The Kier molecular flexibility index (Phi) is 26.9. The number of rotatable bonds is 20. The molecule has 2 unspecified atom stereocenters. The number of hydrogen-bond donors (Lipinski definition) is 4. The summed E-state index contributed by atoms with van der Waals surface area (Å²) in [6.07, 6.45) is -12.9. The first-order valence-electron chi connectivity index (χ1n) is 30.1. The molecule has 7 aliphatic rings. The molecular weight excluding hydrogens is 1120 g/mol. The molecule has 86 heavy (non-hydrogen) atoms. The lowest BCUT2D eigenvalue weighted by Crippen LogP contribution is -2.65. The second kappa shape index (κ2) is 32.7. The van der Waals surface area contributed by atoms with Crippen molar-refractivity contribution < 1.29 is 106 Å². The molecule has 7 heterocycles. The van der Waals surface area contributed by atoms with Gasteiger partial charge in [-0.05, 0) is 94.7 Å². The quantitative estimate of drug-likeness (QED) is 0.139. The summed E-state index contributed by atoms with van der Waals surface area (Å²) in [5, 5.41) is 41.4. The summed E-state index contributed by atoms with van der Waals surface area (Å²) < 4.78 is 106. The van der Waals surface area contributed by atoms with Gasteiger partial charge < -0.3 is 115 Å². The lowest BCUT2D eigenvalue weighted by atomic mass is 9.92. The van der Waals surface area contributed by atoms with Crippen LogP contribution in [0.25, 0.3) is 0 Å². The van der Waals surface area contributed by atoms with E-state index in [0.29, 0.717) is 13.2 Å². The van der Waals surface area contributed by atoms with E-state index in [2.05, 4.69) is 0 Å². The van der Waals surface area contributed by atoms with Crippen molar-refractivity contribution in [3.63, 3.8) is 0 Å². The zero-order valence-corrected chi connectivity index (χ0v) is 53.5. The summed E-state index contributed by atoms with van der Waals surface area (Å²) in [6, 6.07) is 19.3. The third-order valence-corrected chi connectivity index (χ3v) is 17.6. The lowest BCUT2D eigenvalue weighted by Gasteiger charge is -2.49. The minimum Gasteiger partial charge on any atom is -0.389 e. The second-order valence-corrected chi connectivity index (χ2v) is 23.9. The molecule has 0 saturated carbocycles. The molecule has 0 bridgehead atoms. The Morgan fingerprint density at radius 3 is 1.13 bits per heavy atom. The Bertz CT molecular complexity index is 2250. The van der Waals surface area contributed by atoms with Crippen LogP contribution in [0.3, 0.4) is 0 Å². The fourth-order valence-electron chi connectivity index (χ4n) is 12.9. The number of fused-ring (bicyclic) bond motifs is 1. The molecule has 0 spiro atoms. The van der Waals surface area contributed by atoms with Crippen LogP contribution in [0.4, 0.5) is 0 Å². The number of aliphatic hydroxyl groups excluding tert-OH is 4. The van der Waals surface area contributed by atoms with Crippen molar-refractivity contribution in [2.24, 2.45) is 0 Å². The normalized spacial score (nSPS) is 44.2. The first kappa shape index (κ1) is 70.9. The van der Waals surface area contributed by atoms with Crippen molar-refractivity contribution in [3.05, 3.63) is 71.8 Å². The fourth-order valence-corrected chi connectivity index (χ4v) is 12.9. The van der Waals surface area contributed by atoms with E-state index >= 15 is 0 Å². The highest BCUT2D eigenvalue weighted by Crippen LogP contribution is 2.41. The topological polar surface area (TPSA) is 257 Å². The summed E-state index contributed by atoms with van der Waals surface area (Å²) in [5.41, 5.74) is 2.15. The van der Waals surface area contributed by atoms with E-state index in [-0.39, 0.29) is 79.3 Å². The molecule has 0 aliphatic carbocycles. The van der Waals surface area contributed by atoms with Gasteiger partial charge in [0.15, 0.2) is 25.2 Å². The van der Waals surface area contributed by atoms with E-state index in [1.165, 1.54) is 14.2 Å². The van der Waals surface area contributed by atoms with Gasteiger partial charge in [-0.25, -0.2) is 0 Å². The largest absolute Gasteiger partial charge is 0.389 e. The average molecular weight is 1230 g/mol. The molecule has 0 aromatic heterocycles. The highest BCUT2D eigenvalue weighted by atomic mass is 16.8. The SMILES string of the molecule is CO[C@H]1[C@H](O[C@H]2[C@H](N(C)C)[C@@H](O)C(C)O[C@@H]2C)O[C@H](C)[C@@H](OC)[C@@H]1OCc1ccccc1.CO[C@H]1[C@H](O[C@H]2[C@H](N(C)C)[C@@H](O)C(O)O[C@@H]2C)O[C@H](C)[C@@H](OC)[C@@H]1O.CO[C@H]1[C@H](O[C@H]2[C@H]3O[C@H]3[C@@H](C)O[C@@H]2C)O[C@H](C)[C@@H](OC)[C@@H]1OCc1ccccc1. The van der Waals surface area contributed by atoms with Gasteiger partial charge in [0.25, 0.3) is 0 Å². The predicted molar refractivity (Wildman–Crippen MR) is 311 cm³/mol. The summed E-state index contributed by atoms with van der Waals surface area (Å²) >= 11 is 0. The summed E-state index contributed by atoms with van der Waals surface area (Å²) in [6.45, 7) is 16.2. The van der Waals surface area contributed by atoms with Crippen molar-refractivity contribution in [1.29, 1.82) is 0 Å². The lowest BCUT2D eigenvalue weighted by molar-refractivity contribution is -0.344. The van der Waals surface area contributed by atoms with E-state index < -0.39 is 104 Å². The van der Waals surface area contributed by atoms with Crippen LogP contribution in [0.1, 0.15) is 66.5 Å². The Morgan fingerprint density at radius 1 is 0.337 bits per heavy atom. The van der Waals surface area contributed by atoms with Gasteiger partial charge in [0, 0.05) is 42.7 Å². The van der Waals surface area contributed by atoms with Crippen LogP contribution >= 0.6 is 0 Å². The van der Waals surface area contributed by atoms with Gasteiger partial charge in [0.2, 0.25) is 0 Å². The monoisotopic (exact) mass is 1230 g/mol. The maximum Gasteiger partial charge on any atom is 0.187 e. The highest BCUT2D eigenvalue weighted by molar-refractivity contribution is 5.15. The highest BCUT2D eigenvalue weighted by Gasteiger charge is 2.59. The molecular formula is C62H102N2O22. The minimum absolute atomic E-state index is 0.0361. The number of methoxy groups -OCH3 is 6. The molecule has 2 aromatic carbocycles. The van der Waals surface area contributed by atoms with Crippen LogP contribution in [-0.2, 0) is 98.5 Å². The maximum absolute atomic E-state index is 10.8. The van der Waals surface area contributed by atoms with E-state index in [4.69, 9.17) is 85.3 Å². The fraction of sp³-hybridized carbons (Fsp3) is 0.806. The van der Waals surface area contributed by atoms with Crippen LogP contribution in [0.15, 0.2) is 60.7 Å². The first-order valence-corrected chi connectivity index (χ1v) is 30.1. The zero-order chi connectivity index (χ0) is 62.8. The molecule has 7 aliphatic heterocycles. The number of nitrogens with zero attached hydrogens (tertiary/aromatic N) is 2. The summed E-state index contributed by atoms with van der Waals surface area (Å²) in [5.74, 6) is 0. The van der Waals surface area contributed by atoms with Gasteiger partial charge in [-0.3, -0.25) is 0 Å². The first-order chi connectivity index (χ1) is 41.0. The third kappa shape index (κ3) is 16.8. The molecule has 7 fully saturated rings. The van der Waals surface area contributed by atoms with Crippen molar-refractivity contribution in [2.75, 3.05) is 70.8 Å². The standard InChI is InChI=1S/C24H39NO7.C22H32O7.C16H31NO8/c1-14-19(26)18(25(4)5)20(15(2)30-14)32-24-23(28-7)22(21(27-6)16(3)31-24)29-13-17-11-9-8-10-12-17;1-12-16(23-4)19(25-11-15-9-7-6-8-10-15)21(24-5)22(27-12)29-18-14(3)26-13(2)17-20(18)28-17;1-7-12(9(17(3)4)10(18)15(20)23-7)25-16-14(22-6)11(19)13(21-5)8(2)24-16/h8-12,14-16,18-24,26H,13H2,1-7H3;6-10,12-14,16-22H,11H2,1-5H3;7-16,18-20H,1-6H3/t14?,15-,16-,18-,19+,20-,21-,22+,23-,24+;12-,13-,14-,16-,17+,18-,19+,20+,21-,22+;7-,8-,9-,10-,11+,12-,13-,14-,15?,16+/m111/s1. The molecule has 2 aromatic rings. The average Bonchev–Trinajstić information content (AvgIpc) is 1.73. The van der Waals surface area contributed by atoms with Crippen LogP contribution in [0.2, 0.25) is 0 Å². The summed E-state index contributed by atoms with van der Waals surface area (Å²) in [4.78, 5) is 3.74. The number of likely N-dealkylation sites (N-methyl/N-ethyl adjacent to an activating group) is 2. The van der Waals surface area contributed by atoms with Gasteiger partial charge in [-0.2, -0.15) is 0 Å². The Morgan fingerprint density at radius 2 is 0.698 bits per heavy atom. The van der Waals surface area contributed by atoms with Gasteiger partial charge in [0.1, 0.15) is 91.6 Å². The van der Waals surface area contributed by atoms with Crippen LogP contribution < -0.4 is 0 Å². The Labute approximate surface area is 508 Å². The Hall–Kier alpha value is -2.52. The third-order valence-electron chi connectivity index (χ3n) is 17.6. The van der Waals surface area contributed by atoms with Crippen molar-refractivity contribution >= 4 is 0 Å². The van der Waals surface area contributed by atoms with Crippen molar-refractivity contribution in [3.8, 4) is 0 Å². The van der Waals surface area contributed by atoms with Crippen LogP contribution in [-0.4, -0.2) is 285 Å². The van der Waals surface area contributed by atoms with E-state index in [1.807, 2.05) is 121 Å².